The lowest BCUT2D eigenvalue weighted by molar-refractivity contribution is -0.122. The van der Waals surface area contributed by atoms with Crippen LogP contribution in [0.2, 0.25) is 5.02 Å². The van der Waals surface area contributed by atoms with Crippen LogP contribution in [0, 0.1) is 0 Å². The van der Waals surface area contributed by atoms with Crippen LogP contribution in [0.1, 0.15) is 24.4 Å². The average molecular weight is 445 g/mol. The van der Waals surface area contributed by atoms with Crippen LogP contribution >= 0.6 is 11.6 Å². The van der Waals surface area contributed by atoms with Crippen LogP contribution in [0.4, 0.5) is 0 Å². The van der Waals surface area contributed by atoms with Gasteiger partial charge in [0.25, 0.3) is 5.56 Å². The molecule has 4 rings (SSSR count). The van der Waals surface area contributed by atoms with Crippen LogP contribution in [0.5, 0.6) is 0 Å². The molecule has 10 heteroatoms. The van der Waals surface area contributed by atoms with Gasteiger partial charge in [-0.05, 0) is 43.6 Å². The van der Waals surface area contributed by atoms with Crippen molar-refractivity contribution >= 4 is 28.7 Å². The summed E-state index contributed by atoms with van der Waals surface area (Å²) in [5.74, 6) is -0.396. The molecule has 164 valence electrons. The first kappa shape index (κ1) is 21.3. The number of aromatic nitrogens is 4. The minimum Gasteiger partial charge on any atom is -0.353 e. The highest BCUT2D eigenvalue weighted by Crippen LogP contribution is 2.26. The van der Waals surface area contributed by atoms with Crippen molar-refractivity contribution in [2.75, 3.05) is 19.6 Å². The van der Waals surface area contributed by atoms with E-state index in [1.807, 2.05) is 24.3 Å². The van der Waals surface area contributed by atoms with Crippen LogP contribution in [0.15, 0.2) is 40.2 Å². The molecule has 0 spiro atoms. The van der Waals surface area contributed by atoms with Gasteiger partial charge < -0.3 is 9.88 Å². The zero-order valence-electron chi connectivity index (χ0n) is 17.5. The van der Waals surface area contributed by atoms with Crippen LogP contribution < -0.4 is 16.6 Å². The minimum atomic E-state index is -0.572. The maximum atomic E-state index is 12.8. The third kappa shape index (κ3) is 4.15. The van der Waals surface area contributed by atoms with E-state index >= 15 is 0 Å². The average Bonchev–Trinajstić information content (AvgIpc) is 3.40. The Labute approximate surface area is 183 Å². The Balaban J connectivity index is 1.55. The summed E-state index contributed by atoms with van der Waals surface area (Å²) in [7, 11) is 3.21. The lowest BCUT2D eigenvalue weighted by atomic mass is 10.1. The number of amides is 1. The van der Waals surface area contributed by atoms with Crippen LogP contribution in [0.3, 0.4) is 0 Å². The lowest BCUT2D eigenvalue weighted by Crippen LogP contribution is -2.45. The van der Waals surface area contributed by atoms with E-state index in [0.717, 1.165) is 36.1 Å². The first-order chi connectivity index (χ1) is 14.9. The van der Waals surface area contributed by atoms with E-state index in [9.17, 15) is 14.4 Å². The molecule has 1 aliphatic rings. The van der Waals surface area contributed by atoms with Gasteiger partial charge in [0.2, 0.25) is 5.91 Å². The molecule has 1 unspecified atom stereocenters. The van der Waals surface area contributed by atoms with Crippen molar-refractivity contribution in [3.8, 4) is 0 Å². The molecule has 0 bridgehead atoms. The number of imidazole rings is 1. The molecule has 3 aromatic rings. The van der Waals surface area contributed by atoms with Crippen molar-refractivity contribution in [2.45, 2.75) is 25.4 Å². The number of carbonyl (C=O) groups is 1. The largest absolute Gasteiger partial charge is 0.353 e. The molecule has 9 nitrogen and oxygen atoms in total. The number of hydrogen-bond donors (Lipinski definition) is 1. The van der Waals surface area contributed by atoms with Gasteiger partial charge >= 0.3 is 5.69 Å². The Hall–Kier alpha value is -2.91. The first-order valence-corrected chi connectivity index (χ1v) is 10.6. The molecule has 0 saturated carbocycles. The maximum absolute atomic E-state index is 12.8. The zero-order chi connectivity index (χ0) is 22.1. The van der Waals surface area contributed by atoms with E-state index in [0.29, 0.717) is 17.2 Å². The summed E-state index contributed by atoms with van der Waals surface area (Å²) in [6, 6.07) is 7.60. The molecule has 0 aliphatic carbocycles. The minimum absolute atomic E-state index is 0.0238. The van der Waals surface area contributed by atoms with Crippen molar-refractivity contribution in [3.63, 3.8) is 0 Å². The van der Waals surface area contributed by atoms with Crippen LogP contribution in [-0.2, 0) is 25.4 Å². The topological polar surface area (TPSA) is 94.2 Å². The Kier molecular flexibility index (Phi) is 5.97. The molecule has 1 amide bonds. The number of nitrogens with one attached hydrogen (secondary N) is 1. The summed E-state index contributed by atoms with van der Waals surface area (Å²) in [6.07, 6.45) is 3.70. The van der Waals surface area contributed by atoms with E-state index in [4.69, 9.17) is 11.6 Å². The summed E-state index contributed by atoms with van der Waals surface area (Å²) in [5.41, 5.74) is 0.503. The van der Waals surface area contributed by atoms with Crippen molar-refractivity contribution in [2.24, 2.45) is 14.1 Å². The summed E-state index contributed by atoms with van der Waals surface area (Å²) >= 11 is 6.18. The summed E-state index contributed by atoms with van der Waals surface area (Å²) in [4.78, 5) is 44.6. The molecular formula is C21H25ClN6O3. The predicted octanol–water partition coefficient (Wildman–Crippen LogP) is 1.04. The van der Waals surface area contributed by atoms with E-state index in [2.05, 4.69) is 15.2 Å². The Bertz CT molecular complexity index is 1240. The monoisotopic (exact) mass is 444 g/mol. The molecular weight excluding hydrogens is 420 g/mol. The number of halogens is 1. The van der Waals surface area contributed by atoms with Gasteiger partial charge in [-0.25, -0.2) is 14.3 Å². The van der Waals surface area contributed by atoms with Gasteiger partial charge in [0.1, 0.15) is 6.54 Å². The molecule has 1 N–H and O–H groups in total. The predicted molar refractivity (Wildman–Crippen MR) is 118 cm³/mol. The SMILES string of the molecule is Cn1cnc2c1c(=O)n(CC(=O)NCC(c1cccc(Cl)c1)N1CCCC1)c(=O)n2C. The molecule has 1 saturated heterocycles. The second-order valence-electron chi connectivity index (χ2n) is 7.88. The van der Waals surface area contributed by atoms with Crippen molar-refractivity contribution in [1.29, 1.82) is 0 Å². The second kappa shape index (κ2) is 8.68. The van der Waals surface area contributed by atoms with Crippen molar-refractivity contribution in [1.82, 2.24) is 28.9 Å². The lowest BCUT2D eigenvalue weighted by Gasteiger charge is -2.28. The third-order valence-corrected chi connectivity index (χ3v) is 6.05. The van der Waals surface area contributed by atoms with E-state index in [-0.39, 0.29) is 18.1 Å². The standard InChI is InChI=1S/C21H25ClN6O3/c1-25-13-24-19-18(25)20(30)28(21(31)26(19)2)12-17(29)23-11-16(27-8-3-4-9-27)14-6-5-7-15(22)10-14/h5-7,10,13,16H,3-4,8-9,11-12H2,1-2H3,(H,23,29). The zero-order valence-corrected chi connectivity index (χ0v) is 18.3. The van der Waals surface area contributed by atoms with Gasteiger partial charge in [0, 0.05) is 25.7 Å². The maximum Gasteiger partial charge on any atom is 0.332 e. The Morgan fingerprint density at radius 3 is 2.68 bits per heavy atom. The third-order valence-electron chi connectivity index (χ3n) is 5.81. The van der Waals surface area contributed by atoms with Gasteiger partial charge in [-0.3, -0.25) is 19.1 Å². The van der Waals surface area contributed by atoms with Gasteiger partial charge in [-0.2, -0.15) is 0 Å². The van der Waals surface area contributed by atoms with Gasteiger partial charge in [-0.1, -0.05) is 23.7 Å². The molecule has 1 aliphatic heterocycles. The number of rotatable bonds is 6. The van der Waals surface area contributed by atoms with Gasteiger partial charge in [0.05, 0.1) is 12.4 Å². The van der Waals surface area contributed by atoms with Gasteiger partial charge in [-0.15, -0.1) is 0 Å². The Morgan fingerprint density at radius 2 is 1.97 bits per heavy atom. The molecule has 2 aromatic heterocycles. The molecule has 1 atom stereocenters. The quantitative estimate of drug-likeness (QED) is 0.613. The number of nitrogens with zero attached hydrogens (tertiary/aromatic N) is 5. The number of hydrogen-bond acceptors (Lipinski definition) is 5. The van der Waals surface area contributed by atoms with Gasteiger partial charge in [0.15, 0.2) is 11.2 Å². The number of carbonyl (C=O) groups excluding carboxylic acids is 1. The fourth-order valence-electron chi connectivity index (χ4n) is 4.17. The molecule has 1 aromatic carbocycles. The molecule has 3 heterocycles. The number of aryl methyl sites for hydroxylation is 2. The number of likely N-dealkylation sites (tertiary alicyclic amines) is 1. The van der Waals surface area contributed by atoms with Crippen molar-refractivity contribution in [3.05, 3.63) is 62.0 Å². The second-order valence-corrected chi connectivity index (χ2v) is 8.31. The van der Waals surface area contributed by atoms with E-state index in [1.54, 1.807) is 11.6 Å². The highest BCUT2D eigenvalue weighted by molar-refractivity contribution is 6.30. The van der Waals surface area contributed by atoms with Crippen LogP contribution in [0.25, 0.3) is 11.2 Å². The molecule has 0 radical (unpaired) electrons. The highest BCUT2D eigenvalue weighted by atomic mass is 35.5. The smallest absolute Gasteiger partial charge is 0.332 e. The molecule has 31 heavy (non-hydrogen) atoms. The fraction of sp³-hybridized carbons (Fsp3) is 0.429. The normalized spacial score (nSPS) is 15.5. The van der Waals surface area contributed by atoms with E-state index < -0.39 is 17.2 Å². The number of benzene rings is 1. The Morgan fingerprint density at radius 1 is 1.23 bits per heavy atom. The summed E-state index contributed by atoms with van der Waals surface area (Å²) in [6.45, 7) is 1.91. The fourth-order valence-corrected chi connectivity index (χ4v) is 4.37. The highest BCUT2D eigenvalue weighted by Gasteiger charge is 2.24. The first-order valence-electron chi connectivity index (χ1n) is 10.2. The van der Waals surface area contributed by atoms with Crippen LogP contribution in [-0.4, -0.2) is 49.1 Å². The summed E-state index contributed by atoms with van der Waals surface area (Å²) < 4.78 is 3.78. The van der Waals surface area contributed by atoms with E-state index in [1.165, 1.54) is 17.9 Å². The molecule has 1 fully saturated rings. The summed E-state index contributed by atoms with van der Waals surface area (Å²) in [5, 5.41) is 3.55. The van der Waals surface area contributed by atoms with Crippen molar-refractivity contribution < 1.29 is 4.79 Å². The number of fused-ring (bicyclic) bond motifs is 1.